The number of amides is 2. The van der Waals surface area contributed by atoms with Gasteiger partial charge in [-0.05, 0) is 206 Å². The maximum Gasteiger partial charge on any atom is 0.410 e. The molecule has 0 spiro atoms. The Bertz CT molecular complexity index is 3640. The van der Waals surface area contributed by atoms with E-state index in [0.717, 1.165) is 68.4 Å². The summed E-state index contributed by atoms with van der Waals surface area (Å²) in [7, 11) is 0. The van der Waals surface area contributed by atoms with Crippen LogP contribution >= 0.6 is 12.4 Å². The van der Waals surface area contributed by atoms with Crippen molar-refractivity contribution in [2.24, 2.45) is 5.92 Å². The number of halogens is 1. The molecular formula is C85H121ClN8O5. The lowest BCUT2D eigenvalue weighted by atomic mass is 9.89. The van der Waals surface area contributed by atoms with E-state index in [-0.39, 0.29) is 57.6 Å². The van der Waals surface area contributed by atoms with Crippen molar-refractivity contribution in [2.75, 3.05) is 26.2 Å². The minimum Gasteiger partial charge on any atom is -0.444 e. The second-order valence-electron chi connectivity index (χ2n) is 27.4. The lowest BCUT2D eigenvalue weighted by molar-refractivity contribution is 0.0115. The Hall–Kier alpha value is -7.78. The number of aromatic nitrogens is 3. The van der Waals surface area contributed by atoms with Gasteiger partial charge in [0, 0.05) is 117 Å². The Labute approximate surface area is 602 Å². The van der Waals surface area contributed by atoms with E-state index < -0.39 is 11.2 Å². The van der Waals surface area contributed by atoms with Crippen LogP contribution in [0.25, 0.3) is 32.3 Å². The Balaban J connectivity index is 0.000000372. The molecule has 9 aromatic rings. The van der Waals surface area contributed by atoms with E-state index in [0.29, 0.717) is 32.3 Å². The fourth-order valence-electron chi connectivity index (χ4n) is 11.6. The quantitative estimate of drug-likeness (QED) is 0.0354. The van der Waals surface area contributed by atoms with E-state index in [9.17, 15) is 9.59 Å². The number of rotatable bonds is 29. The van der Waals surface area contributed by atoms with E-state index in [1.54, 1.807) is 0 Å². The first-order chi connectivity index (χ1) is 46.2. The number of carbonyl (C=O) groups is 2. The number of hydrogen-bond donors (Lipinski definition) is 4. The summed E-state index contributed by atoms with van der Waals surface area (Å²) in [5.74, 6) is 0.739. The summed E-state index contributed by atoms with van der Waals surface area (Å²) in [5.41, 5.74) is 6.61. The van der Waals surface area contributed by atoms with Crippen LogP contribution in [-0.2, 0) is 48.4 Å². The van der Waals surface area contributed by atoms with Crippen LogP contribution in [0.4, 0.5) is 9.59 Å². The molecule has 538 valence electrons. The van der Waals surface area contributed by atoms with E-state index >= 15 is 0 Å². The SMILES string of the molecule is C.C.CCCC(CCCc1ccccc1)[C@@H](C)NCc1ccc2cnccc2c1.CCCC([C@@H](C)NCc1ccc2cnccc2c1)N(CCc1ccccc1)C(=O)OC(C)(C)C.CCCO.C[C@H](CN(CCc1ccccc1)C(=O)OC(C)(C)C)NCc1ccc2cnccc2c1.Cl. The minimum atomic E-state index is -0.532. The van der Waals surface area contributed by atoms with Gasteiger partial charge >= 0.3 is 12.2 Å². The van der Waals surface area contributed by atoms with Gasteiger partial charge in [0.15, 0.2) is 0 Å². The third kappa shape index (κ3) is 32.0. The fourth-order valence-corrected chi connectivity index (χ4v) is 11.6. The summed E-state index contributed by atoms with van der Waals surface area (Å²) >= 11 is 0. The molecule has 4 N–H and O–H groups in total. The molecule has 99 heavy (non-hydrogen) atoms. The van der Waals surface area contributed by atoms with Crippen LogP contribution in [0.3, 0.4) is 0 Å². The molecule has 0 fully saturated rings. The van der Waals surface area contributed by atoms with Gasteiger partial charge in [0.05, 0.1) is 6.04 Å². The van der Waals surface area contributed by atoms with Crippen molar-refractivity contribution in [1.82, 2.24) is 40.7 Å². The van der Waals surface area contributed by atoms with Gasteiger partial charge < -0.3 is 40.3 Å². The monoisotopic (exact) mass is 1370 g/mol. The van der Waals surface area contributed by atoms with Gasteiger partial charge in [0.1, 0.15) is 11.2 Å². The zero-order valence-electron chi connectivity index (χ0n) is 60.2. The Morgan fingerprint density at radius 3 is 1.27 bits per heavy atom. The second-order valence-corrected chi connectivity index (χ2v) is 27.4. The molecule has 0 saturated carbocycles. The third-order valence-electron chi connectivity index (χ3n) is 16.8. The Morgan fingerprint density at radius 2 is 0.859 bits per heavy atom. The fraction of sp³-hybridized carbons (Fsp3) is 0.447. The lowest BCUT2D eigenvalue weighted by Gasteiger charge is -2.37. The maximum absolute atomic E-state index is 13.3. The lowest BCUT2D eigenvalue weighted by Crippen LogP contribution is -2.52. The topological polar surface area (TPSA) is 154 Å². The van der Waals surface area contributed by atoms with E-state index in [1.807, 2.05) is 144 Å². The predicted octanol–water partition coefficient (Wildman–Crippen LogP) is 19.8. The van der Waals surface area contributed by atoms with Crippen molar-refractivity contribution >= 4 is 56.9 Å². The zero-order valence-corrected chi connectivity index (χ0v) is 61.0. The molecule has 5 atom stereocenters. The minimum absolute atomic E-state index is 0. The highest BCUT2D eigenvalue weighted by Crippen LogP contribution is 2.24. The van der Waals surface area contributed by atoms with Crippen LogP contribution in [0.1, 0.15) is 176 Å². The number of hydrogen-bond acceptors (Lipinski definition) is 11. The molecule has 2 amide bonds. The smallest absolute Gasteiger partial charge is 0.410 e. The van der Waals surface area contributed by atoms with Crippen LogP contribution in [0, 0.1) is 5.92 Å². The molecule has 0 aliphatic heterocycles. The van der Waals surface area contributed by atoms with Crippen molar-refractivity contribution in [3.8, 4) is 0 Å². The molecule has 9 rings (SSSR count). The number of carbonyl (C=O) groups excluding carboxylic acids is 2. The highest BCUT2D eigenvalue weighted by molar-refractivity contribution is 5.85. The van der Waals surface area contributed by atoms with Crippen molar-refractivity contribution in [3.63, 3.8) is 0 Å². The molecular weight excluding hydrogens is 1250 g/mol. The van der Waals surface area contributed by atoms with Gasteiger partial charge in [-0.2, -0.15) is 0 Å². The number of benzene rings is 6. The average Bonchev–Trinajstić information content (AvgIpc) is 0.955. The highest BCUT2D eigenvalue weighted by Gasteiger charge is 2.31. The van der Waals surface area contributed by atoms with Crippen molar-refractivity contribution < 1.29 is 24.2 Å². The first-order valence-corrected chi connectivity index (χ1v) is 35.1. The molecule has 0 aliphatic rings. The normalized spacial score (nSPS) is 12.5. The summed E-state index contributed by atoms with van der Waals surface area (Å²) in [6, 6.07) is 57.9. The average molecular weight is 1370 g/mol. The number of fused-ring (bicyclic) bond motifs is 3. The summed E-state index contributed by atoms with van der Waals surface area (Å²) < 4.78 is 11.5. The van der Waals surface area contributed by atoms with Gasteiger partial charge in [0.25, 0.3) is 0 Å². The third-order valence-corrected chi connectivity index (χ3v) is 16.8. The molecule has 0 aliphatic carbocycles. The van der Waals surface area contributed by atoms with Crippen LogP contribution < -0.4 is 16.0 Å². The highest BCUT2D eigenvalue weighted by atomic mass is 35.5. The standard InChI is InChI=1S/C29H39N3O2.C26H33N3O2.C25H32N2.C3H8O.2CH4.ClH/c1-6-10-27(22(2)31-20-24-13-14-26-21-30-17-15-25(26)19-24)32(28(33)34-29(3,4)5)18-16-23-11-8-7-9-12-23;1-20(28-17-22-10-11-24-18-27-14-12-23(24)16-22)19-29(25(30)31-26(2,3)4)15-13-21-8-6-5-7-9-21;1-3-8-23(12-7-11-21-9-5-4-6-10-21)20(2)27-18-22-13-14-25-19-26-16-15-24(25)17-22;1-2-3-4;;;/h7-9,11-15,17,19,21-22,27,31H,6,10,16,18,20H2,1-5H3;5-12,14,16,18,20,28H,13,15,17,19H2,1-4H3;4-6,9-10,13-17,19-20,23,27H,3,7-8,11-12,18H2,1-2H3;4H,2-3H2,1H3;2*1H4;1H/t22-,27?;20-;20-,23?;;;;/m111..../s1. The van der Waals surface area contributed by atoms with Crippen LogP contribution in [-0.4, -0.2) is 104 Å². The number of ether oxygens (including phenoxy) is 2. The van der Waals surface area contributed by atoms with Gasteiger partial charge in [-0.15, -0.1) is 12.4 Å². The number of nitrogens with zero attached hydrogens (tertiary/aromatic N) is 5. The molecule has 0 saturated heterocycles. The Morgan fingerprint density at radius 1 is 0.465 bits per heavy atom. The first kappa shape index (κ1) is 85.4. The Kier molecular flexibility index (Phi) is 39.5. The predicted molar refractivity (Wildman–Crippen MR) is 420 cm³/mol. The van der Waals surface area contributed by atoms with Gasteiger partial charge in [-0.3, -0.25) is 15.0 Å². The summed E-state index contributed by atoms with van der Waals surface area (Å²) in [4.78, 5) is 42.4. The summed E-state index contributed by atoms with van der Waals surface area (Å²) in [6.45, 7) is 29.0. The maximum atomic E-state index is 13.3. The summed E-state index contributed by atoms with van der Waals surface area (Å²) in [6.07, 6.45) is 21.4. The molecule has 0 bridgehead atoms. The van der Waals surface area contributed by atoms with E-state index in [4.69, 9.17) is 14.6 Å². The second kappa shape index (κ2) is 45.8. The van der Waals surface area contributed by atoms with E-state index in [2.05, 4.69) is 181 Å². The molecule has 0 radical (unpaired) electrons. The molecule has 13 nitrogen and oxygen atoms in total. The van der Waals surface area contributed by atoms with Crippen molar-refractivity contribution in [3.05, 3.63) is 234 Å². The molecule has 3 heterocycles. The summed E-state index contributed by atoms with van der Waals surface area (Å²) in [5, 5.41) is 26.0. The van der Waals surface area contributed by atoms with Crippen LogP contribution in [0.2, 0.25) is 0 Å². The largest absolute Gasteiger partial charge is 0.444 e. The van der Waals surface area contributed by atoms with Crippen molar-refractivity contribution in [2.45, 2.75) is 217 Å². The number of aliphatic hydroxyl groups is 1. The van der Waals surface area contributed by atoms with Crippen LogP contribution in [0.5, 0.6) is 0 Å². The molecule has 6 aromatic carbocycles. The zero-order chi connectivity index (χ0) is 69.1. The number of aryl methyl sites for hydroxylation is 1. The number of nitrogens with one attached hydrogen (secondary N) is 3. The van der Waals surface area contributed by atoms with Crippen molar-refractivity contribution in [1.29, 1.82) is 0 Å². The van der Waals surface area contributed by atoms with Gasteiger partial charge in [0.2, 0.25) is 0 Å². The van der Waals surface area contributed by atoms with Gasteiger partial charge in [-0.1, -0.05) is 176 Å². The number of aliphatic hydroxyl groups excluding tert-OH is 1. The first-order valence-electron chi connectivity index (χ1n) is 35.1. The van der Waals surface area contributed by atoms with Crippen LogP contribution in [0.15, 0.2) is 201 Å². The molecule has 14 heteroatoms. The number of pyridine rings is 3. The molecule has 3 aromatic heterocycles. The van der Waals surface area contributed by atoms with Gasteiger partial charge in [-0.25, -0.2) is 9.59 Å². The van der Waals surface area contributed by atoms with E-state index in [1.165, 1.54) is 87.0 Å². The molecule has 2 unspecified atom stereocenters.